The van der Waals surface area contributed by atoms with Crippen molar-refractivity contribution in [1.82, 2.24) is 24.9 Å². The highest BCUT2D eigenvalue weighted by atomic mass is 16.1. The van der Waals surface area contributed by atoms with Crippen LogP contribution in [0.3, 0.4) is 0 Å². The molecule has 1 aliphatic rings. The number of nitrogens with zero attached hydrogens (tertiary/aromatic N) is 5. The topological polar surface area (TPSA) is 85.1 Å². The lowest BCUT2D eigenvalue weighted by Gasteiger charge is -2.18. The Balaban J connectivity index is 1.38. The predicted octanol–water partition coefficient (Wildman–Crippen LogP) is 0.400. The smallest absolute Gasteiger partial charge is 0.268 e. The lowest BCUT2D eigenvalue weighted by atomic mass is 10.1. The summed E-state index contributed by atoms with van der Waals surface area (Å²) in [4.78, 5) is 25.8. The lowest BCUT2D eigenvalue weighted by molar-refractivity contribution is -0.121. The van der Waals surface area contributed by atoms with E-state index in [4.69, 9.17) is 0 Å². The number of hydrogen-bond donors (Lipinski definition) is 1. The molecule has 8 nitrogen and oxygen atoms in total. The molecule has 1 atom stereocenters. The molecule has 0 spiro atoms. The van der Waals surface area contributed by atoms with Gasteiger partial charge in [0, 0.05) is 58.1 Å². The summed E-state index contributed by atoms with van der Waals surface area (Å²) in [6.45, 7) is 3.15. The minimum absolute atomic E-state index is 0.0841. The zero-order valence-corrected chi connectivity index (χ0v) is 14.5. The minimum atomic E-state index is -0.105. The number of amides is 1. The van der Waals surface area contributed by atoms with Gasteiger partial charge in [0.05, 0.1) is 11.9 Å². The van der Waals surface area contributed by atoms with Crippen molar-refractivity contribution in [2.45, 2.75) is 25.8 Å². The molecule has 2 aromatic heterocycles. The molecule has 0 aromatic carbocycles. The highest BCUT2D eigenvalue weighted by molar-refractivity contribution is 5.75. The standard InChI is InChI=1S/C17H24N6O2/c1-21-17(25)10-15(12-20-21)22-9-5-14(13-22)11-18-16(24)4-2-7-23-8-3-6-19-23/h3,6,8,10,12,14H,2,4-5,7,9,11,13H2,1H3,(H,18,24)/t14-/m0/s1. The van der Waals surface area contributed by atoms with Gasteiger partial charge in [-0.2, -0.15) is 10.2 Å². The quantitative estimate of drug-likeness (QED) is 0.786. The number of anilines is 1. The number of nitrogens with one attached hydrogen (secondary N) is 1. The van der Waals surface area contributed by atoms with Gasteiger partial charge in [0.2, 0.25) is 5.91 Å². The van der Waals surface area contributed by atoms with Gasteiger partial charge >= 0.3 is 0 Å². The zero-order chi connectivity index (χ0) is 17.6. The van der Waals surface area contributed by atoms with Gasteiger partial charge in [-0.25, -0.2) is 4.68 Å². The Morgan fingerprint density at radius 1 is 1.40 bits per heavy atom. The Hall–Kier alpha value is -2.64. The summed E-state index contributed by atoms with van der Waals surface area (Å²) in [5.41, 5.74) is 0.752. The first-order valence-electron chi connectivity index (χ1n) is 8.64. The minimum Gasteiger partial charge on any atom is -0.370 e. The van der Waals surface area contributed by atoms with Gasteiger partial charge in [-0.1, -0.05) is 0 Å². The van der Waals surface area contributed by atoms with E-state index in [9.17, 15) is 9.59 Å². The third-order valence-electron chi connectivity index (χ3n) is 4.54. The molecule has 3 heterocycles. The van der Waals surface area contributed by atoms with E-state index in [1.165, 1.54) is 4.68 Å². The molecule has 1 aliphatic heterocycles. The van der Waals surface area contributed by atoms with E-state index in [0.29, 0.717) is 18.9 Å². The fourth-order valence-electron chi connectivity index (χ4n) is 3.05. The summed E-state index contributed by atoms with van der Waals surface area (Å²) in [5.74, 6) is 0.486. The summed E-state index contributed by atoms with van der Waals surface area (Å²) in [7, 11) is 1.64. The maximum Gasteiger partial charge on any atom is 0.268 e. The Bertz CT molecular complexity index is 755. The van der Waals surface area contributed by atoms with Crippen LogP contribution in [0.1, 0.15) is 19.3 Å². The summed E-state index contributed by atoms with van der Waals surface area (Å²) < 4.78 is 3.15. The van der Waals surface area contributed by atoms with Crippen molar-refractivity contribution >= 4 is 11.6 Å². The van der Waals surface area contributed by atoms with Gasteiger partial charge in [0.25, 0.3) is 5.56 Å². The van der Waals surface area contributed by atoms with Crippen LogP contribution >= 0.6 is 0 Å². The van der Waals surface area contributed by atoms with Crippen molar-refractivity contribution in [2.75, 3.05) is 24.5 Å². The molecule has 1 fully saturated rings. The molecule has 0 aliphatic carbocycles. The van der Waals surface area contributed by atoms with Crippen molar-refractivity contribution in [3.63, 3.8) is 0 Å². The molecule has 0 radical (unpaired) electrons. The van der Waals surface area contributed by atoms with Gasteiger partial charge in [0.15, 0.2) is 0 Å². The molecule has 25 heavy (non-hydrogen) atoms. The van der Waals surface area contributed by atoms with Gasteiger partial charge in [-0.05, 0) is 24.8 Å². The molecule has 0 saturated carbocycles. The molecule has 1 amide bonds. The van der Waals surface area contributed by atoms with Crippen molar-refractivity contribution in [3.8, 4) is 0 Å². The molecular formula is C17H24N6O2. The molecule has 1 saturated heterocycles. The van der Waals surface area contributed by atoms with E-state index in [-0.39, 0.29) is 11.5 Å². The molecular weight excluding hydrogens is 320 g/mol. The van der Waals surface area contributed by atoms with Crippen LogP contribution in [0.15, 0.2) is 35.5 Å². The van der Waals surface area contributed by atoms with Gasteiger partial charge in [-0.3, -0.25) is 14.3 Å². The van der Waals surface area contributed by atoms with E-state index >= 15 is 0 Å². The molecule has 0 bridgehead atoms. The van der Waals surface area contributed by atoms with Crippen molar-refractivity contribution in [1.29, 1.82) is 0 Å². The van der Waals surface area contributed by atoms with Crippen molar-refractivity contribution in [2.24, 2.45) is 13.0 Å². The number of aromatic nitrogens is 4. The van der Waals surface area contributed by atoms with Gasteiger partial charge < -0.3 is 10.2 Å². The van der Waals surface area contributed by atoms with E-state index in [1.54, 1.807) is 25.5 Å². The van der Waals surface area contributed by atoms with Gasteiger partial charge in [-0.15, -0.1) is 0 Å². The van der Waals surface area contributed by atoms with Crippen molar-refractivity contribution < 1.29 is 4.79 Å². The molecule has 0 unspecified atom stereocenters. The second kappa shape index (κ2) is 7.96. The van der Waals surface area contributed by atoms with Crippen LogP contribution in [-0.2, 0) is 18.4 Å². The summed E-state index contributed by atoms with van der Waals surface area (Å²) in [6, 6.07) is 3.49. The Kier molecular flexibility index (Phi) is 5.47. The first-order chi connectivity index (χ1) is 12.1. The summed E-state index contributed by atoms with van der Waals surface area (Å²) in [6.07, 6.45) is 7.65. The molecule has 1 N–H and O–H groups in total. The van der Waals surface area contributed by atoms with Crippen molar-refractivity contribution in [3.05, 3.63) is 41.1 Å². The first kappa shape index (κ1) is 17.2. The second-order valence-electron chi connectivity index (χ2n) is 6.45. The normalized spacial score (nSPS) is 17.0. The van der Waals surface area contributed by atoms with E-state index < -0.39 is 0 Å². The number of carbonyl (C=O) groups is 1. The highest BCUT2D eigenvalue weighted by Crippen LogP contribution is 2.21. The lowest BCUT2D eigenvalue weighted by Crippen LogP contribution is -2.31. The largest absolute Gasteiger partial charge is 0.370 e. The summed E-state index contributed by atoms with van der Waals surface area (Å²) in [5, 5.41) is 11.2. The van der Waals surface area contributed by atoms with Crippen LogP contribution < -0.4 is 15.8 Å². The van der Waals surface area contributed by atoms with Crippen LogP contribution in [0.4, 0.5) is 5.69 Å². The highest BCUT2D eigenvalue weighted by Gasteiger charge is 2.23. The van der Waals surface area contributed by atoms with E-state index in [2.05, 4.69) is 20.4 Å². The average Bonchev–Trinajstić information content (AvgIpc) is 3.27. The summed E-state index contributed by atoms with van der Waals surface area (Å²) >= 11 is 0. The third kappa shape index (κ3) is 4.68. The maximum atomic E-state index is 12.0. The van der Waals surface area contributed by atoms with Crippen LogP contribution in [0.25, 0.3) is 0 Å². The van der Waals surface area contributed by atoms with Gasteiger partial charge in [0.1, 0.15) is 0 Å². The molecule has 2 aromatic rings. The number of hydrogen-bond acceptors (Lipinski definition) is 5. The SMILES string of the molecule is Cn1ncc(N2CC[C@@H](CNC(=O)CCCn3cccn3)C2)cc1=O. The average molecular weight is 344 g/mol. The van der Waals surface area contributed by atoms with E-state index in [0.717, 1.165) is 38.2 Å². The molecule has 3 rings (SSSR count). The Morgan fingerprint density at radius 2 is 2.28 bits per heavy atom. The van der Waals surface area contributed by atoms with Crippen LogP contribution in [0.2, 0.25) is 0 Å². The predicted molar refractivity (Wildman–Crippen MR) is 94.3 cm³/mol. The molecule has 8 heteroatoms. The second-order valence-corrected chi connectivity index (χ2v) is 6.45. The fourth-order valence-corrected chi connectivity index (χ4v) is 3.05. The Labute approximate surface area is 146 Å². The number of rotatable bonds is 7. The van der Waals surface area contributed by atoms with E-state index in [1.807, 2.05) is 16.9 Å². The first-order valence-corrected chi connectivity index (χ1v) is 8.64. The number of carbonyl (C=O) groups excluding carboxylic acids is 1. The van der Waals surface area contributed by atoms with Crippen LogP contribution in [0.5, 0.6) is 0 Å². The maximum absolute atomic E-state index is 12.0. The Morgan fingerprint density at radius 3 is 3.04 bits per heavy atom. The zero-order valence-electron chi connectivity index (χ0n) is 14.5. The molecule has 134 valence electrons. The monoisotopic (exact) mass is 344 g/mol. The van der Waals surface area contributed by atoms with Crippen LogP contribution in [-0.4, -0.2) is 45.1 Å². The van der Waals surface area contributed by atoms with Crippen LogP contribution in [0, 0.1) is 5.92 Å². The third-order valence-corrected chi connectivity index (χ3v) is 4.54. The number of aryl methyl sites for hydroxylation is 2. The fraction of sp³-hybridized carbons (Fsp3) is 0.529.